The topological polar surface area (TPSA) is 123 Å². The SMILES string of the molecule is NC(=O)NC(=O)Cn1cc(CCCO)nn1. The van der Waals surface area contributed by atoms with Crippen LogP contribution in [0.5, 0.6) is 0 Å². The van der Waals surface area contributed by atoms with Gasteiger partial charge in [-0.2, -0.15) is 0 Å². The molecule has 1 rings (SSSR count). The summed E-state index contributed by atoms with van der Waals surface area (Å²) in [5, 5.41) is 18.0. The third-order valence-corrected chi connectivity index (χ3v) is 1.75. The number of hydrogen-bond acceptors (Lipinski definition) is 5. The average molecular weight is 227 g/mol. The first-order chi connectivity index (χ1) is 7.61. The van der Waals surface area contributed by atoms with Crippen LogP contribution in [0.15, 0.2) is 6.20 Å². The predicted molar refractivity (Wildman–Crippen MR) is 53.2 cm³/mol. The molecule has 3 amide bonds. The largest absolute Gasteiger partial charge is 0.396 e. The molecule has 8 nitrogen and oxygen atoms in total. The molecule has 0 spiro atoms. The van der Waals surface area contributed by atoms with Crippen LogP contribution in [-0.2, 0) is 17.8 Å². The quantitative estimate of drug-likeness (QED) is 0.558. The van der Waals surface area contributed by atoms with Crippen molar-refractivity contribution in [3.05, 3.63) is 11.9 Å². The minimum absolute atomic E-state index is 0.0784. The van der Waals surface area contributed by atoms with Crippen molar-refractivity contribution in [2.75, 3.05) is 6.61 Å². The number of aliphatic hydroxyl groups is 1. The Labute approximate surface area is 91.4 Å². The molecule has 1 aromatic heterocycles. The maximum Gasteiger partial charge on any atom is 0.318 e. The number of aryl methyl sites for hydroxylation is 1. The zero-order valence-corrected chi connectivity index (χ0v) is 8.59. The van der Waals surface area contributed by atoms with E-state index in [1.807, 2.05) is 5.32 Å². The first-order valence-corrected chi connectivity index (χ1v) is 4.71. The molecule has 88 valence electrons. The molecule has 0 saturated carbocycles. The normalized spacial score (nSPS) is 10.1. The van der Waals surface area contributed by atoms with Crippen LogP contribution in [0.1, 0.15) is 12.1 Å². The molecule has 0 radical (unpaired) electrons. The molecule has 0 atom stereocenters. The molecule has 0 fully saturated rings. The molecule has 0 aliphatic carbocycles. The molecule has 0 unspecified atom stereocenters. The molecule has 0 aliphatic heterocycles. The zero-order valence-electron chi connectivity index (χ0n) is 8.59. The van der Waals surface area contributed by atoms with E-state index in [1.54, 1.807) is 6.20 Å². The Morgan fingerprint density at radius 3 is 2.94 bits per heavy atom. The molecule has 16 heavy (non-hydrogen) atoms. The molecule has 0 aromatic carbocycles. The summed E-state index contributed by atoms with van der Waals surface area (Å²) in [6, 6.07) is -0.898. The Morgan fingerprint density at radius 1 is 1.56 bits per heavy atom. The van der Waals surface area contributed by atoms with Gasteiger partial charge in [0.25, 0.3) is 0 Å². The van der Waals surface area contributed by atoms with Crippen LogP contribution in [0.3, 0.4) is 0 Å². The van der Waals surface area contributed by atoms with Gasteiger partial charge in [-0.3, -0.25) is 10.1 Å². The lowest BCUT2D eigenvalue weighted by Gasteiger charge is -1.99. The van der Waals surface area contributed by atoms with Crippen molar-refractivity contribution in [1.82, 2.24) is 20.3 Å². The fraction of sp³-hybridized carbons (Fsp3) is 0.500. The Morgan fingerprint density at radius 2 is 2.31 bits per heavy atom. The number of aromatic nitrogens is 3. The summed E-state index contributed by atoms with van der Waals surface area (Å²) in [7, 11) is 0. The minimum Gasteiger partial charge on any atom is -0.396 e. The van der Waals surface area contributed by atoms with E-state index in [1.165, 1.54) is 4.68 Å². The van der Waals surface area contributed by atoms with E-state index in [0.717, 1.165) is 0 Å². The lowest BCUT2D eigenvalue weighted by Crippen LogP contribution is -2.37. The molecule has 4 N–H and O–H groups in total. The zero-order chi connectivity index (χ0) is 12.0. The highest BCUT2D eigenvalue weighted by Gasteiger charge is 2.07. The fourth-order valence-corrected chi connectivity index (χ4v) is 1.11. The van der Waals surface area contributed by atoms with Crippen molar-refractivity contribution in [1.29, 1.82) is 0 Å². The van der Waals surface area contributed by atoms with E-state index in [-0.39, 0.29) is 13.2 Å². The molecule has 1 aromatic rings. The van der Waals surface area contributed by atoms with Gasteiger partial charge in [-0.1, -0.05) is 5.21 Å². The maximum atomic E-state index is 11.1. The number of aliphatic hydroxyl groups excluding tert-OH is 1. The highest BCUT2D eigenvalue weighted by atomic mass is 16.3. The summed E-state index contributed by atoms with van der Waals surface area (Å²) < 4.78 is 1.30. The van der Waals surface area contributed by atoms with Crippen molar-refractivity contribution in [2.45, 2.75) is 19.4 Å². The molecule has 0 bridgehead atoms. The van der Waals surface area contributed by atoms with Crippen LogP contribution in [-0.4, -0.2) is 38.6 Å². The number of nitrogens with one attached hydrogen (secondary N) is 1. The summed E-state index contributed by atoms with van der Waals surface area (Å²) in [5.41, 5.74) is 5.46. The number of carbonyl (C=O) groups is 2. The number of primary amides is 1. The van der Waals surface area contributed by atoms with Crippen LogP contribution in [0.25, 0.3) is 0 Å². The third kappa shape index (κ3) is 4.05. The fourth-order valence-electron chi connectivity index (χ4n) is 1.11. The average Bonchev–Trinajstić information content (AvgIpc) is 2.61. The third-order valence-electron chi connectivity index (χ3n) is 1.75. The van der Waals surface area contributed by atoms with Crippen molar-refractivity contribution in [3.63, 3.8) is 0 Å². The minimum atomic E-state index is -0.898. The standard InChI is InChI=1S/C8H13N5O3/c9-8(16)10-7(15)5-13-4-6(11-12-13)2-1-3-14/h4,14H,1-3,5H2,(H3,9,10,15,16). The van der Waals surface area contributed by atoms with Crippen LogP contribution < -0.4 is 11.1 Å². The lowest BCUT2D eigenvalue weighted by molar-refractivity contribution is -0.120. The van der Waals surface area contributed by atoms with Gasteiger partial charge in [0.1, 0.15) is 6.54 Å². The second kappa shape index (κ2) is 5.81. The van der Waals surface area contributed by atoms with Crippen LogP contribution in [0.2, 0.25) is 0 Å². The van der Waals surface area contributed by atoms with Crippen molar-refractivity contribution < 1.29 is 14.7 Å². The Bertz CT molecular complexity index is 376. The van der Waals surface area contributed by atoms with E-state index in [2.05, 4.69) is 10.3 Å². The Hall–Kier alpha value is -1.96. The summed E-state index contributed by atoms with van der Waals surface area (Å²) in [5.74, 6) is -0.550. The highest BCUT2D eigenvalue weighted by molar-refractivity contribution is 5.93. The number of nitrogens with two attached hydrogens (primary N) is 1. The smallest absolute Gasteiger partial charge is 0.318 e. The number of amides is 3. The number of urea groups is 1. The van der Waals surface area contributed by atoms with Gasteiger partial charge in [0.15, 0.2) is 0 Å². The van der Waals surface area contributed by atoms with Crippen LogP contribution in [0.4, 0.5) is 4.79 Å². The Balaban J connectivity index is 2.45. The second-order valence-electron chi connectivity index (χ2n) is 3.15. The van der Waals surface area contributed by atoms with E-state index in [9.17, 15) is 9.59 Å². The van der Waals surface area contributed by atoms with Gasteiger partial charge in [-0.05, 0) is 12.8 Å². The first-order valence-electron chi connectivity index (χ1n) is 4.71. The monoisotopic (exact) mass is 227 g/mol. The summed E-state index contributed by atoms with van der Waals surface area (Å²) in [4.78, 5) is 21.5. The van der Waals surface area contributed by atoms with Gasteiger partial charge >= 0.3 is 6.03 Å². The molecular formula is C8H13N5O3. The van der Waals surface area contributed by atoms with Gasteiger partial charge in [0.05, 0.1) is 5.69 Å². The van der Waals surface area contributed by atoms with Gasteiger partial charge in [0.2, 0.25) is 5.91 Å². The van der Waals surface area contributed by atoms with Crippen LogP contribution >= 0.6 is 0 Å². The van der Waals surface area contributed by atoms with Crippen molar-refractivity contribution in [3.8, 4) is 0 Å². The number of carbonyl (C=O) groups excluding carboxylic acids is 2. The predicted octanol–water partition coefficient (Wildman–Crippen LogP) is -1.60. The molecule has 8 heteroatoms. The van der Waals surface area contributed by atoms with E-state index in [4.69, 9.17) is 10.8 Å². The van der Waals surface area contributed by atoms with E-state index >= 15 is 0 Å². The van der Waals surface area contributed by atoms with Crippen molar-refractivity contribution in [2.24, 2.45) is 5.73 Å². The van der Waals surface area contributed by atoms with Gasteiger partial charge in [-0.15, -0.1) is 5.10 Å². The second-order valence-corrected chi connectivity index (χ2v) is 3.15. The highest BCUT2D eigenvalue weighted by Crippen LogP contribution is 1.97. The molecular weight excluding hydrogens is 214 g/mol. The number of imide groups is 1. The summed E-state index contributed by atoms with van der Waals surface area (Å²) in [6.45, 7) is -0.0376. The van der Waals surface area contributed by atoms with E-state index < -0.39 is 11.9 Å². The van der Waals surface area contributed by atoms with Crippen LogP contribution in [0, 0.1) is 0 Å². The summed E-state index contributed by atoms with van der Waals surface area (Å²) in [6.07, 6.45) is 2.76. The number of nitrogens with zero attached hydrogens (tertiary/aromatic N) is 3. The maximum absolute atomic E-state index is 11.1. The first kappa shape index (κ1) is 12.1. The molecule has 0 saturated heterocycles. The molecule has 1 heterocycles. The summed E-state index contributed by atoms with van der Waals surface area (Å²) >= 11 is 0. The van der Waals surface area contributed by atoms with Crippen molar-refractivity contribution >= 4 is 11.9 Å². The van der Waals surface area contributed by atoms with Gasteiger partial charge in [-0.25, -0.2) is 9.48 Å². The molecule has 0 aliphatic rings. The Kier molecular flexibility index (Phi) is 4.40. The number of rotatable bonds is 5. The van der Waals surface area contributed by atoms with Gasteiger partial charge < -0.3 is 10.8 Å². The van der Waals surface area contributed by atoms with Gasteiger partial charge in [0, 0.05) is 12.8 Å². The lowest BCUT2D eigenvalue weighted by atomic mass is 10.3. The number of hydrogen-bond donors (Lipinski definition) is 3. The van der Waals surface area contributed by atoms with E-state index in [0.29, 0.717) is 18.5 Å².